The van der Waals surface area contributed by atoms with Crippen LogP contribution in [-0.4, -0.2) is 48.0 Å². The molecule has 0 radical (unpaired) electrons. The lowest BCUT2D eigenvalue weighted by atomic mass is 9.99. The minimum atomic E-state index is -0.985. The molecule has 0 aliphatic rings. The van der Waals surface area contributed by atoms with E-state index in [0.717, 1.165) is 5.56 Å². The van der Waals surface area contributed by atoms with Crippen molar-refractivity contribution in [2.24, 2.45) is 5.73 Å². The summed E-state index contributed by atoms with van der Waals surface area (Å²) in [4.78, 5) is 61.5. The third kappa shape index (κ3) is 8.81. The number of nitrogens with two attached hydrogens (primary N) is 2. The zero-order valence-electron chi connectivity index (χ0n) is 21.5. The van der Waals surface area contributed by atoms with Crippen LogP contribution in [0.25, 0.3) is 0 Å². The fraction of sp³-hybridized carbons (Fsp3) is 0.207. The molecule has 3 rings (SSSR count). The number of primary amides is 1. The van der Waals surface area contributed by atoms with Crippen LogP contribution in [0, 0.1) is 0 Å². The lowest BCUT2D eigenvalue weighted by Gasteiger charge is -2.19. The highest BCUT2D eigenvalue weighted by Crippen LogP contribution is 2.13. The Hall–Kier alpha value is -4.99. The molecule has 39 heavy (non-hydrogen) atoms. The molecule has 202 valence electrons. The zero-order chi connectivity index (χ0) is 28.4. The molecule has 0 fully saturated rings. The number of nitrogens with one attached hydrogen (secondary N) is 3. The second-order valence-electron chi connectivity index (χ2n) is 9.04. The molecule has 7 N–H and O–H groups in total. The van der Waals surface area contributed by atoms with Gasteiger partial charge < -0.3 is 27.4 Å². The van der Waals surface area contributed by atoms with Gasteiger partial charge in [-0.05, 0) is 23.3 Å². The number of nitrogen functional groups attached to an aromatic ring is 1. The minimum Gasteiger partial charge on any atom is -0.399 e. The summed E-state index contributed by atoms with van der Waals surface area (Å²) >= 11 is 0. The van der Waals surface area contributed by atoms with E-state index in [1.54, 1.807) is 72.8 Å². The zero-order valence-corrected chi connectivity index (χ0v) is 21.5. The first kappa shape index (κ1) is 28.6. The van der Waals surface area contributed by atoms with E-state index in [2.05, 4.69) is 16.0 Å². The molecule has 0 aromatic heterocycles. The maximum absolute atomic E-state index is 12.8. The van der Waals surface area contributed by atoms with E-state index in [0.29, 0.717) is 22.4 Å². The number of hydrogen-bond donors (Lipinski definition) is 5. The summed E-state index contributed by atoms with van der Waals surface area (Å²) in [6.07, 6.45) is 0.292. The van der Waals surface area contributed by atoms with Crippen molar-refractivity contribution in [2.75, 3.05) is 12.3 Å². The van der Waals surface area contributed by atoms with Crippen molar-refractivity contribution in [2.45, 2.75) is 31.8 Å². The SMILES string of the molecule is CC(=O)NC(Cc1ccc(C(=O)c2ccccc2)cc1)C(=O)NCC(=O)N[C@@H](Cc1ccc(N)cc1)C(N)=O. The van der Waals surface area contributed by atoms with Gasteiger partial charge in [-0.25, -0.2) is 0 Å². The monoisotopic (exact) mass is 529 g/mol. The maximum Gasteiger partial charge on any atom is 0.243 e. The normalized spacial score (nSPS) is 12.0. The van der Waals surface area contributed by atoms with Crippen LogP contribution in [0.5, 0.6) is 0 Å². The smallest absolute Gasteiger partial charge is 0.243 e. The first-order valence-corrected chi connectivity index (χ1v) is 12.3. The van der Waals surface area contributed by atoms with Crippen LogP contribution in [-0.2, 0) is 32.0 Å². The first-order valence-electron chi connectivity index (χ1n) is 12.3. The van der Waals surface area contributed by atoms with Gasteiger partial charge in [0.1, 0.15) is 12.1 Å². The number of rotatable bonds is 12. The Morgan fingerprint density at radius 3 is 1.82 bits per heavy atom. The third-order valence-corrected chi connectivity index (χ3v) is 5.91. The Morgan fingerprint density at radius 2 is 1.26 bits per heavy atom. The second kappa shape index (κ2) is 13.5. The van der Waals surface area contributed by atoms with Crippen LogP contribution in [0.2, 0.25) is 0 Å². The van der Waals surface area contributed by atoms with Crippen molar-refractivity contribution in [1.29, 1.82) is 0 Å². The van der Waals surface area contributed by atoms with Crippen molar-refractivity contribution in [1.82, 2.24) is 16.0 Å². The Kier molecular flexibility index (Phi) is 9.91. The number of hydrogen-bond acceptors (Lipinski definition) is 6. The van der Waals surface area contributed by atoms with Crippen molar-refractivity contribution < 1.29 is 24.0 Å². The molecule has 2 atom stereocenters. The van der Waals surface area contributed by atoms with Gasteiger partial charge in [-0.15, -0.1) is 0 Å². The number of carbonyl (C=O) groups excluding carboxylic acids is 5. The Balaban J connectivity index is 1.58. The van der Waals surface area contributed by atoms with E-state index < -0.39 is 42.3 Å². The molecule has 1 unspecified atom stereocenters. The van der Waals surface area contributed by atoms with E-state index in [4.69, 9.17) is 11.5 Å². The van der Waals surface area contributed by atoms with E-state index in [1.807, 2.05) is 6.07 Å². The van der Waals surface area contributed by atoms with Gasteiger partial charge in [0.15, 0.2) is 5.78 Å². The standard InChI is InChI=1S/C29H31N5O5/c1-18(35)33-25(16-19-7-11-22(12-8-19)27(37)21-5-3-2-4-6-21)29(39)32-17-26(36)34-24(28(31)38)15-20-9-13-23(30)14-10-20/h2-14,24-25H,15-17,30H2,1H3,(H2,31,38)(H,32,39)(H,33,35)(H,34,36)/t24-,25?/m0/s1. The molecule has 0 bridgehead atoms. The predicted molar refractivity (Wildman–Crippen MR) is 146 cm³/mol. The van der Waals surface area contributed by atoms with Crippen LogP contribution < -0.4 is 27.4 Å². The molecule has 10 nitrogen and oxygen atoms in total. The van der Waals surface area contributed by atoms with Crippen molar-refractivity contribution >= 4 is 35.1 Å². The van der Waals surface area contributed by atoms with Crippen molar-refractivity contribution in [3.05, 3.63) is 101 Å². The van der Waals surface area contributed by atoms with Gasteiger partial charge in [0.25, 0.3) is 0 Å². The fourth-order valence-corrected chi connectivity index (χ4v) is 3.89. The molecule has 0 heterocycles. The van der Waals surface area contributed by atoms with Crippen LogP contribution >= 0.6 is 0 Å². The molecule has 0 aliphatic carbocycles. The average molecular weight is 530 g/mol. The molecular formula is C29H31N5O5. The van der Waals surface area contributed by atoms with E-state index in [-0.39, 0.29) is 18.6 Å². The summed E-state index contributed by atoms with van der Waals surface area (Å²) in [5.74, 6) is -2.48. The quantitative estimate of drug-likeness (QED) is 0.172. The highest BCUT2D eigenvalue weighted by Gasteiger charge is 2.23. The molecule has 0 saturated heterocycles. The van der Waals surface area contributed by atoms with Crippen LogP contribution in [0.15, 0.2) is 78.9 Å². The van der Waals surface area contributed by atoms with E-state index in [1.165, 1.54) is 6.92 Å². The molecule has 0 saturated carbocycles. The molecular weight excluding hydrogens is 498 g/mol. The lowest BCUT2D eigenvalue weighted by Crippen LogP contribution is -2.52. The molecule has 3 aromatic carbocycles. The highest BCUT2D eigenvalue weighted by molar-refractivity contribution is 6.09. The maximum atomic E-state index is 12.8. The van der Waals surface area contributed by atoms with Crippen LogP contribution in [0.1, 0.15) is 34.0 Å². The molecule has 0 aliphatic heterocycles. The number of carbonyl (C=O) groups is 5. The molecule has 3 aromatic rings. The lowest BCUT2D eigenvalue weighted by molar-refractivity contribution is -0.130. The van der Waals surface area contributed by atoms with E-state index in [9.17, 15) is 24.0 Å². The summed E-state index contributed by atoms with van der Waals surface area (Å²) in [5, 5.41) is 7.58. The summed E-state index contributed by atoms with van der Waals surface area (Å²) in [6, 6.07) is 20.4. The van der Waals surface area contributed by atoms with Gasteiger partial charge in [-0.1, -0.05) is 66.7 Å². The largest absolute Gasteiger partial charge is 0.399 e. The highest BCUT2D eigenvalue weighted by atomic mass is 16.2. The van der Waals surface area contributed by atoms with Crippen LogP contribution in [0.3, 0.4) is 0 Å². The minimum absolute atomic E-state index is 0.130. The number of benzene rings is 3. The van der Waals surface area contributed by atoms with Gasteiger partial charge in [0.05, 0.1) is 6.54 Å². The average Bonchev–Trinajstić information content (AvgIpc) is 2.92. The predicted octanol–water partition coefficient (Wildman–Crippen LogP) is 0.876. The number of ketones is 1. The van der Waals surface area contributed by atoms with Crippen molar-refractivity contribution in [3.8, 4) is 0 Å². The number of anilines is 1. The Labute approximate surface area is 226 Å². The summed E-state index contributed by atoms with van der Waals surface area (Å²) < 4.78 is 0. The van der Waals surface area contributed by atoms with E-state index >= 15 is 0 Å². The van der Waals surface area contributed by atoms with Crippen molar-refractivity contribution in [3.63, 3.8) is 0 Å². The second-order valence-corrected chi connectivity index (χ2v) is 9.04. The third-order valence-electron chi connectivity index (χ3n) is 5.91. The Bertz CT molecular complexity index is 1320. The van der Waals surface area contributed by atoms with Gasteiger partial charge in [-0.2, -0.15) is 0 Å². The molecule has 10 heteroatoms. The Morgan fingerprint density at radius 1 is 0.718 bits per heavy atom. The van der Waals surface area contributed by atoms with Gasteiger partial charge in [0.2, 0.25) is 23.6 Å². The summed E-state index contributed by atoms with van der Waals surface area (Å²) in [7, 11) is 0. The first-order chi connectivity index (χ1) is 18.6. The van der Waals surface area contributed by atoms with Crippen LogP contribution in [0.4, 0.5) is 5.69 Å². The van der Waals surface area contributed by atoms with Gasteiger partial charge in [-0.3, -0.25) is 24.0 Å². The van der Waals surface area contributed by atoms with Gasteiger partial charge >= 0.3 is 0 Å². The molecule has 0 spiro atoms. The fourth-order valence-electron chi connectivity index (χ4n) is 3.89. The summed E-state index contributed by atoms with van der Waals surface area (Å²) in [6.45, 7) is 0.855. The topological polar surface area (TPSA) is 173 Å². The summed E-state index contributed by atoms with van der Waals surface area (Å²) in [5.41, 5.74) is 14.2. The van der Waals surface area contributed by atoms with Gasteiger partial charge in [0, 0.05) is 36.6 Å². The molecule has 4 amide bonds. The number of amides is 4.